The first kappa shape index (κ1) is 18.8. The van der Waals surface area contributed by atoms with Crippen molar-refractivity contribution in [2.45, 2.75) is 19.3 Å². The lowest BCUT2D eigenvalue weighted by atomic mass is 10.0. The molecule has 0 N–H and O–H groups in total. The van der Waals surface area contributed by atoms with Crippen LogP contribution in [0.4, 0.5) is 5.13 Å². The number of aromatic nitrogens is 1. The molecule has 5 rings (SSSR count). The van der Waals surface area contributed by atoms with Crippen LogP contribution in [0.15, 0.2) is 72.8 Å². The van der Waals surface area contributed by atoms with Crippen molar-refractivity contribution >= 4 is 32.7 Å². The average molecular weight is 415 g/mol. The third kappa shape index (κ3) is 4.07. The van der Waals surface area contributed by atoms with Crippen LogP contribution in [0.2, 0.25) is 0 Å². The maximum Gasteiger partial charge on any atom is 0.343 e. The lowest BCUT2D eigenvalue weighted by Gasteiger charge is -2.11. The van der Waals surface area contributed by atoms with Gasteiger partial charge in [-0.3, -0.25) is 0 Å². The molecule has 1 fully saturated rings. The van der Waals surface area contributed by atoms with Gasteiger partial charge in [-0.25, -0.2) is 9.78 Å². The molecule has 0 atom stereocenters. The number of carbonyl (C=O) groups excluding carboxylic acids is 1. The summed E-state index contributed by atoms with van der Waals surface area (Å²) in [4.78, 5) is 19.6. The molecule has 0 spiro atoms. The topological polar surface area (TPSA) is 42.4 Å². The highest BCUT2D eigenvalue weighted by Gasteiger charge is 2.17. The largest absolute Gasteiger partial charge is 0.423 e. The average Bonchev–Trinajstić information content (AvgIpc) is 3.44. The van der Waals surface area contributed by atoms with Gasteiger partial charge in [0.25, 0.3) is 0 Å². The third-order valence-corrected chi connectivity index (χ3v) is 6.46. The fraction of sp³-hybridized carbons (Fsp3) is 0.200. The Morgan fingerprint density at radius 3 is 2.43 bits per heavy atom. The molecule has 150 valence electrons. The van der Waals surface area contributed by atoms with E-state index in [0.717, 1.165) is 34.9 Å². The van der Waals surface area contributed by atoms with Gasteiger partial charge >= 0.3 is 5.97 Å². The molecule has 4 aromatic rings. The molecule has 0 bridgehead atoms. The standard InChI is InChI=1S/C25H22N2O2S/c28-24(20-10-8-19(9-11-20)16-18-6-2-1-3-7-18)29-21-12-13-22-23(17-21)30-25(26-22)27-14-4-5-15-27/h1-3,6-13,17H,4-5,14-16H2. The maximum absolute atomic E-state index is 12.6. The molecule has 30 heavy (non-hydrogen) atoms. The summed E-state index contributed by atoms with van der Waals surface area (Å²) in [5.41, 5.74) is 3.91. The number of ether oxygens (including phenoxy) is 1. The number of rotatable bonds is 5. The van der Waals surface area contributed by atoms with Crippen molar-refractivity contribution in [2.75, 3.05) is 18.0 Å². The predicted octanol–water partition coefficient (Wildman–Crippen LogP) is 5.71. The fourth-order valence-electron chi connectivity index (χ4n) is 3.76. The smallest absolute Gasteiger partial charge is 0.343 e. The summed E-state index contributed by atoms with van der Waals surface area (Å²) in [6.07, 6.45) is 3.30. The summed E-state index contributed by atoms with van der Waals surface area (Å²) < 4.78 is 6.67. The maximum atomic E-state index is 12.6. The number of thiazole rings is 1. The van der Waals surface area contributed by atoms with Crippen LogP contribution in [-0.2, 0) is 6.42 Å². The van der Waals surface area contributed by atoms with Crippen LogP contribution in [0.3, 0.4) is 0 Å². The Hall–Kier alpha value is -3.18. The van der Waals surface area contributed by atoms with Crippen LogP contribution in [0.5, 0.6) is 5.75 Å². The Morgan fingerprint density at radius 2 is 1.67 bits per heavy atom. The summed E-state index contributed by atoms with van der Waals surface area (Å²) in [5, 5.41) is 1.06. The molecule has 0 aliphatic carbocycles. The van der Waals surface area contributed by atoms with Crippen molar-refractivity contribution in [2.24, 2.45) is 0 Å². The van der Waals surface area contributed by atoms with Crippen molar-refractivity contribution in [1.82, 2.24) is 4.98 Å². The molecule has 1 aliphatic heterocycles. The van der Waals surface area contributed by atoms with Gasteiger partial charge < -0.3 is 9.64 Å². The van der Waals surface area contributed by atoms with Crippen LogP contribution < -0.4 is 9.64 Å². The summed E-state index contributed by atoms with van der Waals surface area (Å²) in [6.45, 7) is 2.14. The van der Waals surface area contributed by atoms with E-state index in [2.05, 4.69) is 17.0 Å². The van der Waals surface area contributed by atoms with E-state index in [1.54, 1.807) is 11.3 Å². The van der Waals surface area contributed by atoms with Crippen LogP contribution in [0.1, 0.15) is 34.3 Å². The van der Waals surface area contributed by atoms with Crippen LogP contribution in [-0.4, -0.2) is 24.0 Å². The van der Waals surface area contributed by atoms with Crippen molar-refractivity contribution in [3.63, 3.8) is 0 Å². The van der Waals surface area contributed by atoms with E-state index in [0.29, 0.717) is 11.3 Å². The quantitative estimate of drug-likeness (QED) is 0.310. The minimum absolute atomic E-state index is 0.343. The molecule has 1 saturated heterocycles. The van der Waals surface area contributed by atoms with E-state index in [1.165, 1.54) is 24.0 Å². The number of fused-ring (bicyclic) bond motifs is 1. The molecule has 5 heteroatoms. The zero-order chi connectivity index (χ0) is 20.3. The number of benzene rings is 3. The van der Waals surface area contributed by atoms with Crippen LogP contribution >= 0.6 is 11.3 Å². The molecule has 0 unspecified atom stereocenters. The Labute approximate surface area is 179 Å². The number of hydrogen-bond donors (Lipinski definition) is 0. The second kappa shape index (κ2) is 8.28. The zero-order valence-electron chi connectivity index (χ0n) is 16.6. The van der Waals surface area contributed by atoms with Crippen molar-refractivity contribution in [1.29, 1.82) is 0 Å². The molecule has 0 radical (unpaired) electrons. The van der Waals surface area contributed by atoms with E-state index in [4.69, 9.17) is 9.72 Å². The third-order valence-electron chi connectivity index (χ3n) is 5.38. The highest BCUT2D eigenvalue weighted by atomic mass is 32.1. The molecular formula is C25H22N2O2S. The Kier molecular flexibility index (Phi) is 5.20. The highest BCUT2D eigenvalue weighted by Crippen LogP contribution is 2.33. The van der Waals surface area contributed by atoms with Gasteiger partial charge in [0, 0.05) is 19.2 Å². The van der Waals surface area contributed by atoms with Gasteiger partial charge in [-0.2, -0.15) is 0 Å². The van der Waals surface area contributed by atoms with Gasteiger partial charge in [0.15, 0.2) is 5.13 Å². The van der Waals surface area contributed by atoms with E-state index in [9.17, 15) is 4.79 Å². The van der Waals surface area contributed by atoms with Gasteiger partial charge in [0.05, 0.1) is 15.8 Å². The molecule has 0 saturated carbocycles. The highest BCUT2D eigenvalue weighted by molar-refractivity contribution is 7.22. The minimum Gasteiger partial charge on any atom is -0.423 e. The predicted molar refractivity (Wildman–Crippen MR) is 122 cm³/mol. The van der Waals surface area contributed by atoms with Gasteiger partial charge in [-0.15, -0.1) is 0 Å². The SMILES string of the molecule is O=C(Oc1ccc2nc(N3CCCC3)sc2c1)c1ccc(Cc2ccccc2)cc1. The first-order valence-electron chi connectivity index (χ1n) is 10.3. The minimum atomic E-state index is -0.343. The van der Waals surface area contributed by atoms with Gasteiger partial charge in [-0.05, 0) is 54.7 Å². The van der Waals surface area contributed by atoms with Crippen molar-refractivity contribution < 1.29 is 9.53 Å². The summed E-state index contributed by atoms with van der Waals surface area (Å²) >= 11 is 1.66. The monoisotopic (exact) mass is 414 g/mol. The molecule has 1 aliphatic rings. The van der Waals surface area contributed by atoms with Crippen molar-refractivity contribution in [3.05, 3.63) is 89.5 Å². The zero-order valence-corrected chi connectivity index (χ0v) is 17.4. The lowest BCUT2D eigenvalue weighted by Crippen LogP contribution is -2.16. The number of nitrogens with zero attached hydrogens (tertiary/aromatic N) is 2. The molecule has 4 nitrogen and oxygen atoms in total. The second-order valence-corrected chi connectivity index (χ2v) is 8.58. The normalized spacial score (nSPS) is 13.7. The Bertz CT molecular complexity index is 1160. The fourth-order valence-corrected chi connectivity index (χ4v) is 4.80. The number of carbonyl (C=O) groups is 1. The molecule has 1 aromatic heterocycles. The summed E-state index contributed by atoms with van der Waals surface area (Å²) in [6, 6.07) is 23.6. The molecule has 2 heterocycles. The number of anilines is 1. The van der Waals surface area contributed by atoms with E-state index in [1.807, 2.05) is 60.7 Å². The molecular weight excluding hydrogens is 392 g/mol. The Morgan fingerprint density at radius 1 is 0.933 bits per heavy atom. The first-order chi connectivity index (χ1) is 14.7. The van der Waals surface area contributed by atoms with Crippen molar-refractivity contribution in [3.8, 4) is 5.75 Å². The van der Waals surface area contributed by atoms with Crippen LogP contribution in [0.25, 0.3) is 10.2 Å². The van der Waals surface area contributed by atoms with Gasteiger partial charge in [-0.1, -0.05) is 53.8 Å². The van der Waals surface area contributed by atoms with E-state index < -0.39 is 0 Å². The summed E-state index contributed by atoms with van der Waals surface area (Å²) in [5.74, 6) is 0.211. The first-order valence-corrected chi connectivity index (χ1v) is 11.1. The molecule has 0 amide bonds. The number of hydrogen-bond acceptors (Lipinski definition) is 5. The summed E-state index contributed by atoms with van der Waals surface area (Å²) in [7, 11) is 0. The molecule has 3 aromatic carbocycles. The second-order valence-electron chi connectivity index (χ2n) is 7.57. The van der Waals surface area contributed by atoms with Gasteiger partial charge in [0.2, 0.25) is 0 Å². The van der Waals surface area contributed by atoms with Gasteiger partial charge in [0.1, 0.15) is 5.75 Å². The van der Waals surface area contributed by atoms with E-state index in [-0.39, 0.29) is 5.97 Å². The lowest BCUT2D eigenvalue weighted by molar-refractivity contribution is 0.0735. The Balaban J connectivity index is 1.28. The van der Waals surface area contributed by atoms with E-state index >= 15 is 0 Å². The number of esters is 1. The van der Waals surface area contributed by atoms with Crippen LogP contribution in [0, 0.1) is 0 Å².